The van der Waals surface area contributed by atoms with Gasteiger partial charge in [0, 0.05) is 53.0 Å². The van der Waals surface area contributed by atoms with E-state index >= 15 is 8.78 Å². The molecule has 0 spiro atoms. The van der Waals surface area contributed by atoms with Crippen molar-refractivity contribution in [3.05, 3.63) is 101 Å². The van der Waals surface area contributed by atoms with Crippen LogP contribution in [0.15, 0.2) is 67.0 Å². The lowest BCUT2D eigenvalue weighted by molar-refractivity contribution is -0.136. The quantitative estimate of drug-likeness (QED) is 0.0903. The number of carbonyl (C=O) groups is 1. The van der Waals surface area contributed by atoms with Crippen molar-refractivity contribution in [3.63, 3.8) is 0 Å². The van der Waals surface area contributed by atoms with Gasteiger partial charge in [0.05, 0.1) is 5.56 Å². The number of hydrogen-bond acceptors (Lipinski definition) is 4. The van der Waals surface area contributed by atoms with E-state index in [0.29, 0.717) is 28.8 Å². The molecule has 0 radical (unpaired) electrons. The molecule has 230 valence electrons. The predicted molar refractivity (Wildman–Crippen MR) is 168 cm³/mol. The van der Waals surface area contributed by atoms with Crippen molar-refractivity contribution in [2.75, 3.05) is 6.54 Å². The molecule has 0 fully saturated rings. The minimum atomic E-state index is -1.00. The number of aryl methyl sites for hydroxylation is 2. The number of benzene rings is 3. The average Bonchev–Trinajstić information content (AvgIpc) is 3.68. The second-order valence-corrected chi connectivity index (χ2v) is 11.1. The molecule has 0 aliphatic rings. The second-order valence-electron chi connectivity index (χ2n) is 11.1. The van der Waals surface area contributed by atoms with E-state index in [1.165, 1.54) is 35.4 Å². The van der Waals surface area contributed by atoms with E-state index < -0.39 is 17.6 Å². The molecular weight excluding hydrogens is 562 g/mol. The first-order valence-corrected chi connectivity index (χ1v) is 15.2. The highest BCUT2D eigenvalue weighted by molar-refractivity contribution is 5.86. The number of hydrogen-bond donors (Lipinski definition) is 4. The smallest absolute Gasteiger partial charge is 0.303 e. The maximum absolute atomic E-state index is 15.3. The number of H-pyrrole nitrogens is 2. The third kappa shape index (κ3) is 7.17. The van der Waals surface area contributed by atoms with Crippen molar-refractivity contribution >= 4 is 16.9 Å². The summed E-state index contributed by atoms with van der Waals surface area (Å²) in [6, 6.07) is 15.8. The average molecular weight is 601 g/mol. The zero-order valence-corrected chi connectivity index (χ0v) is 24.8. The molecule has 0 aliphatic heterocycles. The molecule has 1 atom stereocenters. The van der Waals surface area contributed by atoms with Crippen LogP contribution in [-0.2, 0) is 17.6 Å². The van der Waals surface area contributed by atoms with Gasteiger partial charge in [-0.2, -0.15) is 0 Å². The normalized spacial score (nSPS) is 12.1. The van der Waals surface area contributed by atoms with Gasteiger partial charge in [-0.15, -0.1) is 0 Å². The van der Waals surface area contributed by atoms with Crippen LogP contribution in [0.1, 0.15) is 73.8 Å². The largest absolute Gasteiger partial charge is 0.481 e. The summed E-state index contributed by atoms with van der Waals surface area (Å²) in [5, 5.41) is 9.93. The number of carboxylic acid groups (broad SMARTS) is 1. The molecule has 7 nitrogen and oxygen atoms in total. The first kappa shape index (κ1) is 30.9. The van der Waals surface area contributed by atoms with Crippen LogP contribution < -0.4 is 10.5 Å². The predicted octanol–water partition coefficient (Wildman–Crippen LogP) is 8.25. The lowest BCUT2D eigenvalue weighted by Gasteiger charge is -2.17. The maximum Gasteiger partial charge on any atom is 0.303 e. The standard InChI is InChI=1S/C35H38F2N4O3/c1-2-7-22-8-6-9-23(18-22)25(10-4-3-5-16-38)32-21-40-35(41-32)28-19-24(11-13-29(28)36)44-34-27(12-14-33(42)43)26-15-17-39-31(26)20-30(34)37/h6,8-9,11,13,15,17-21,25,39H,2-5,7,10,12,14,16,38H2,1H3,(H,40,41)(H,42,43). The van der Waals surface area contributed by atoms with Crippen molar-refractivity contribution in [3.8, 4) is 22.9 Å². The van der Waals surface area contributed by atoms with Crippen LogP contribution in [0.4, 0.5) is 8.78 Å². The van der Waals surface area contributed by atoms with Crippen LogP contribution in [-0.4, -0.2) is 32.6 Å². The second kappa shape index (κ2) is 14.3. The Morgan fingerprint density at radius 3 is 2.70 bits per heavy atom. The Kier molecular flexibility index (Phi) is 10.1. The molecule has 44 heavy (non-hydrogen) atoms. The van der Waals surface area contributed by atoms with E-state index in [1.54, 1.807) is 18.5 Å². The molecule has 2 aromatic heterocycles. The zero-order valence-electron chi connectivity index (χ0n) is 24.8. The van der Waals surface area contributed by atoms with Crippen molar-refractivity contribution in [2.45, 2.75) is 64.2 Å². The van der Waals surface area contributed by atoms with E-state index in [0.717, 1.165) is 44.2 Å². The summed E-state index contributed by atoms with van der Waals surface area (Å²) in [5.41, 5.74) is 10.2. The van der Waals surface area contributed by atoms with Crippen LogP contribution in [0.3, 0.4) is 0 Å². The number of nitrogens with two attached hydrogens (primary N) is 1. The summed E-state index contributed by atoms with van der Waals surface area (Å²) < 4.78 is 36.5. The third-order valence-corrected chi connectivity index (χ3v) is 7.93. The molecule has 5 rings (SSSR count). The van der Waals surface area contributed by atoms with E-state index in [4.69, 9.17) is 10.5 Å². The summed E-state index contributed by atoms with van der Waals surface area (Å²) in [6.45, 7) is 2.82. The van der Waals surface area contributed by atoms with Gasteiger partial charge in [-0.1, -0.05) is 50.5 Å². The summed E-state index contributed by atoms with van der Waals surface area (Å²) >= 11 is 0. The van der Waals surface area contributed by atoms with Crippen molar-refractivity contribution < 1.29 is 23.4 Å². The number of unbranched alkanes of at least 4 members (excludes halogenated alkanes) is 2. The number of nitrogens with one attached hydrogen (secondary N) is 2. The van der Waals surface area contributed by atoms with Crippen LogP contribution in [0, 0.1) is 11.6 Å². The van der Waals surface area contributed by atoms with Gasteiger partial charge in [0.1, 0.15) is 17.4 Å². The molecule has 0 saturated heterocycles. The molecule has 0 aliphatic carbocycles. The van der Waals surface area contributed by atoms with Crippen molar-refractivity contribution in [1.29, 1.82) is 0 Å². The molecule has 9 heteroatoms. The van der Waals surface area contributed by atoms with Gasteiger partial charge in [-0.05, 0) is 67.6 Å². The van der Waals surface area contributed by atoms with E-state index in [9.17, 15) is 9.90 Å². The molecule has 5 aromatic rings. The van der Waals surface area contributed by atoms with Gasteiger partial charge < -0.3 is 25.5 Å². The Balaban J connectivity index is 1.46. The van der Waals surface area contributed by atoms with Gasteiger partial charge >= 0.3 is 5.97 Å². The SMILES string of the molecule is CCCc1cccc(C(CCCCCN)c2cnc(-c3cc(Oc4c(F)cc5[nH]ccc5c4CCC(=O)O)ccc3F)[nH]2)c1. The maximum atomic E-state index is 15.3. The number of rotatable bonds is 15. The first-order chi connectivity index (χ1) is 21.4. The summed E-state index contributed by atoms with van der Waals surface area (Å²) in [6.07, 6.45) is 9.21. The Morgan fingerprint density at radius 2 is 1.91 bits per heavy atom. The zero-order chi connectivity index (χ0) is 31.1. The van der Waals surface area contributed by atoms with E-state index in [1.807, 2.05) is 0 Å². The van der Waals surface area contributed by atoms with Gasteiger partial charge in [-0.25, -0.2) is 13.8 Å². The fourth-order valence-electron chi connectivity index (χ4n) is 5.76. The number of aromatic amines is 2. The highest BCUT2D eigenvalue weighted by atomic mass is 19.1. The Hall–Kier alpha value is -4.50. The molecule has 0 bridgehead atoms. The number of halogens is 2. The van der Waals surface area contributed by atoms with E-state index in [-0.39, 0.29) is 35.8 Å². The highest BCUT2D eigenvalue weighted by Gasteiger charge is 2.21. The third-order valence-electron chi connectivity index (χ3n) is 7.93. The summed E-state index contributed by atoms with van der Waals surface area (Å²) in [4.78, 5) is 22.2. The van der Waals surface area contributed by atoms with Crippen molar-refractivity contribution in [2.24, 2.45) is 5.73 Å². The number of aliphatic carboxylic acids is 1. The number of fused-ring (bicyclic) bond motifs is 1. The topological polar surface area (TPSA) is 117 Å². The molecule has 0 amide bonds. The molecule has 0 saturated carbocycles. The lowest BCUT2D eigenvalue weighted by Crippen LogP contribution is -2.04. The molecule has 3 aromatic carbocycles. The molecule has 5 N–H and O–H groups in total. The lowest BCUT2D eigenvalue weighted by atomic mass is 9.89. The molecule has 1 unspecified atom stereocenters. The Morgan fingerprint density at radius 1 is 1.05 bits per heavy atom. The first-order valence-electron chi connectivity index (χ1n) is 15.2. The van der Waals surface area contributed by atoms with E-state index in [2.05, 4.69) is 46.1 Å². The van der Waals surface area contributed by atoms with Gasteiger partial charge in [0.15, 0.2) is 11.6 Å². The minimum absolute atomic E-state index is 0.0484. The van der Waals surface area contributed by atoms with Gasteiger partial charge in [-0.3, -0.25) is 4.79 Å². The van der Waals surface area contributed by atoms with Gasteiger partial charge in [0.25, 0.3) is 0 Å². The van der Waals surface area contributed by atoms with Gasteiger partial charge in [0.2, 0.25) is 0 Å². The molecular formula is C35H38F2N4O3. The number of aromatic nitrogens is 3. The highest BCUT2D eigenvalue weighted by Crippen LogP contribution is 2.37. The summed E-state index contributed by atoms with van der Waals surface area (Å²) in [7, 11) is 0. The fourth-order valence-corrected chi connectivity index (χ4v) is 5.76. The van der Waals surface area contributed by atoms with Crippen molar-refractivity contribution in [1.82, 2.24) is 15.0 Å². The monoisotopic (exact) mass is 600 g/mol. The summed E-state index contributed by atoms with van der Waals surface area (Å²) in [5.74, 6) is -1.64. The van der Waals surface area contributed by atoms with Crippen LogP contribution in [0.5, 0.6) is 11.5 Å². The molecule has 2 heterocycles. The number of ether oxygens (including phenoxy) is 1. The van der Waals surface area contributed by atoms with Crippen LogP contribution in [0.25, 0.3) is 22.3 Å². The Labute approximate surface area is 255 Å². The fraction of sp³-hybridized carbons (Fsp3) is 0.314. The number of imidazole rings is 1. The van der Waals surface area contributed by atoms with Crippen LogP contribution in [0.2, 0.25) is 0 Å². The minimum Gasteiger partial charge on any atom is -0.481 e. The number of carboxylic acids is 1. The Bertz CT molecular complexity index is 1730. The number of nitrogens with zero attached hydrogens (tertiary/aromatic N) is 1. The van der Waals surface area contributed by atoms with Crippen LogP contribution >= 0.6 is 0 Å².